The highest BCUT2D eigenvalue weighted by Gasteiger charge is 2.10. The van der Waals surface area contributed by atoms with Crippen molar-refractivity contribution >= 4 is 23.1 Å². The predicted molar refractivity (Wildman–Crippen MR) is 100 cm³/mol. The molecule has 0 atom stereocenters. The first-order valence-corrected chi connectivity index (χ1v) is 8.92. The highest BCUT2D eigenvalue weighted by atomic mass is 32.1. The van der Waals surface area contributed by atoms with Gasteiger partial charge in [-0.3, -0.25) is 4.79 Å². The monoisotopic (exact) mass is 353 g/mol. The van der Waals surface area contributed by atoms with Crippen LogP contribution in [-0.2, 0) is 11.2 Å². The largest absolute Gasteiger partial charge is 0.494 e. The lowest BCUT2D eigenvalue weighted by Gasteiger charge is -2.03. The van der Waals surface area contributed by atoms with E-state index in [-0.39, 0.29) is 12.3 Å². The highest BCUT2D eigenvalue weighted by molar-refractivity contribution is 7.13. The summed E-state index contributed by atoms with van der Waals surface area (Å²) in [5.41, 5.74) is 2.82. The molecule has 0 spiro atoms. The number of nitrogens with one attached hydrogen (secondary N) is 1. The predicted octanol–water partition coefficient (Wildman–Crippen LogP) is 4.09. The average molecular weight is 353 g/mol. The smallest absolute Gasteiger partial charge is 0.231 e. The number of aryl methyl sites for hydroxylation is 1. The van der Waals surface area contributed by atoms with E-state index in [0.29, 0.717) is 12.4 Å². The normalized spacial score (nSPS) is 10.5. The Bertz CT molecular complexity index is 842. The van der Waals surface area contributed by atoms with Gasteiger partial charge in [0, 0.05) is 17.1 Å². The fraction of sp³-hybridized carbons (Fsp3) is 0.211. The van der Waals surface area contributed by atoms with E-state index in [1.165, 1.54) is 11.3 Å². The molecule has 5 nitrogen and oxygen atoms in total. The summed E-state index contributed by atoms with van der Waals surface area (Å²) in [5, 5.41) is 5.59. The molecule has 25 heavy (non-hydrogen) atoms. The van der Waals surface area contributed by atoms with E-state index in [1.807, 2.05) is 49.6 Å². The first-order valence-electron chi connectivity index (χ1n) is 8.04. The second-order valence-electron chi connectivity index (χ2n) is 5.55. The minimum Gasteiger partial charge on any atom is -0.494 e. The fourth-order valence-corrected chi connectivity index (χ4v) is 3.10. The molecule has 0 fully saturated rings. The van der Waals surface area contributed by atoms with Crippen LogP contribution in [0.3, 0.4) is 0 Å². The molecule has 2 aromatic heterocycles. The van der Waals surface area contributed by atoms with Gasteiger partial charge in [-0.15, -0.1) is 11.3 Å². The van der Waals surface area contributed by atoms with Crippen molar-refractivity contribution in [1.29, 1.82) is 0 Å². The van der Waals surface area contributed by atoms with Crippen molar-refractivity contribution in [3.05, 3.63) is 59.2 Å². The van der Waals surface area contributed by atoms with E-state index >= 15 is 0 Å². The van der Waals surface area contributed by atoms with Crippen LogP contribution in [0.5, 0.6) is 5.75 Å². The SMILES string of the molecule is CCOc1ccc(-c2nc(CC(=O)Nc3ccc(C)cn3)cs2)cc1. The number of nitrogens with zero attached hydrogens (tertiary/aromatic N) is 2. The Kier molecular flexibility index (Phi) is 5.40. The van der Waals surface area contributed by atoms with Crippen LogP contribution >= 0.6 is 11.3 Å². The molecule has 0 saturated heterocycles. The van der Waals surface area contributed by atoms with Crippen molar-refractivity contribution < 1.29 is 9.53 Å². The molecule has 0 aliphatic rings. The highest BCUT2D eigenvalue weighted by Crippen LogP contribution is 2.26. The second-order valence-corrected chi connectivity index (χ2v) is 6.41. The number of carbonyl (C=O) groups excluding carboxylic acids is 1. The fourth-order valence-electron chi connectivity index (χ4n) is 2.27. The van der Waals surface area contributed by atoms with E-state index < -0.39 is 0 Å². The summed E-state index contributed by atoms with van der Waals surface area (Å²) in [5.74, 6) is 1.27. The quantitative estimate of drug-likeness (QED) is 0.725. The van der Waals surface area contributed by atoms with Gasteiger partial charge in [-0.05, 0) is 49.7 Å². The first-order chi connectivity index (χ1) is 12.1. The lowest BCUT2D eigenvalue weighted by Crippen LogP contribution is -2.15. The minimum atomic E-state index is -0.125. The summed E-state index contributed by atoms with van der Waals surface area (Å²) >= 11 is 1.52. The summed E-state index contributed by atoms with van der Waals surface area (Å²) in [6.45, 7) is 4.56. The zero-order valence-corrected chi connectivity index (χ0v) is 15.0. The van der Waals surface area contributed by atoms with Crippen LogP contribution < -0.4 is 10.1 Å². The van der Waals surface area contributed by atoms with Crippen LogP contribution in [0.25, 0.3) is 10.6 Å². The van der Waals surface area contributed by atoms with Gasteiger partial charge in [-0.2, -0.15) is 0 Å². The molecule has 6 heteroatoms. The lowest BCUT2D eigenvalue weighted by molar-refractivity contribution is -0.115. The maximum atomic E-state index is 12.1. The van der Waals surface area contributed by atoms with Crippen LogP contribution in [-0.4, -0.2) is 22.5 Å². The summed E-state index contributed by atoms with van der Waals surface area (Å²) in [7, 11) is 0. The molecule has 0 aliphatic carbocycles. The summed E-state index contributed by atoms with van der Waals surface area (Å²) in [4.78, 5) is 20.8. The Labute approximate surface area is 150 Å². The second kappa shape index (κ2) is 7.90. The Hall–Kier alpha value is -2.73. The number of benzene rings is 1. The lowest BCUT2D eigenvalue weighted by atomic mass is 10.2. The van der Waals surface area contributed by atoms with Gasteiger partial charge >= 0.3 is 0 Å². The number of thiazole rings is 1. The number of hydrogen-bond acceptors (Lipinski definition) is 5. The molecule has 1 N–H and O–H groups in total. The molecule has 1 aromatic carbocycles. The van der Waals surface area contributed by atoms with Gasteiger partial charge in [0.15, 0.2) is 0 Å². The van der Waals surface area contributed by atoms with Crippen LogP contribution in [0.4, 0.5) is 5.82 Å². The van der Waals surface area contributed by atoms with Crippen LogP contribution in [0, 0.1) is 6.92 Å². The van der Waals surface area contributed by atoms with Crippen LogP contribution in [0.1, 0.15) is 18.2 Å². The number of aromatic nitrogens is 2. The molecular formula is C19H19N3O2S. The Morgan fingerprint density at radius 3 is 2.68 bits per heavy atom. The minimum absolute atomic E-state index is 0.125. The third-order valence-electron chi connectivity index (χ3n) is 3.48. The standard InChI is InChI=1S/C19H19N3O2S/c1-3-24-16-7-5-14(6-8-16)19-21-15(12-25-19)10-18(23)22-17-9-4-13(2)11-20-17/h4-9,11-12H,3,10H2,1-2H3,(H,20,22,23). The summed E-state index contributed by atoms with van der Waals surface area (Å²) in [6, 6.07) is 11.5. The van der Waals surface area contributed by atoms with Gasteiger partial charge in [0.1, 0.15) is 16.6 Å². The van der Waals surface area contributed by atoms with Gasteiger partial charge in [-0.1, -0.05) is 6.07 Å². The van der Waals surface area contributed by atoms with Crippen molar-refractivity contribution in [1.82, 2.24) is 9.97 Å². The molecule has 1 amide bonds. The number of pyridine rings is 1. The van der Waals surface area contributed by atoms with E-state index in [9.17, 15) is 4.79 Å². The maximum Gasteiger partial charge on any atom is 0.231 e. The first kappa shape index (κ1) is 17.1. The maximum absolute atomic E-state index is 12.1. The van der Waals surface area contributed by atoms with Crippen molar-refractivity contribution in [3.8, 4) is 16.3 Å². The topological polar surface area (TPSA) is 64.1 Å². The van der Waals surface area contributed by atoms with E-state index in [2.05, 4.69) is 15.3 Å². The Balaban J connectivity index is 1.62. The number of amides is 1. The molecule has 3 aromatic rings. The molecule has 0 saturated carbocycles. The average Bonchev–Trinajstić information content (AvgIpc) is 3.06. The van der Waals surface area contributed by atoms with Crippen molar-refractivity contribution in [2.75, 3.05) is 11.9 Å². The summed E-state index contributed by atoms with van der Waals surface area (Å²) in [6.07, 6.45) is 1.95. The number of rotatable bonds is 6. The van der Waals surface area contributed by atoms with Crippen LogP contribution in [0.2, 0.25) is 0 Å². The Morgan fingerprint density at radius 2 is 2.00 bits per heavy atom. The molecule has 0 aliphatic heterocycles. The third kappa shape index (κ3) is 4.64. The number of anilines is 1. The van der Waals surface area contributed by atoms with E-state index in [0.717, 1.165) is 27.6 Å². The van der Waals surface area contributed by atoms with Gasteiger partial charge in [0.05, 0.1) is 18.7 Å². The number of carbonyl (C=O) groups is 1. The van der Waals surface area contributed by atoms with Crippen molar-refractivity contribution in [3.63, 3.8) is 0 Å². The van der Waals surface area contributed by atoms with Crippen LogP contribution in [0.15, 0.2) is 48.0 Å². The summed E-state index contributed by atoms with van der Waals surface area (Å²) < 4.78 is 5.44. The zero-order chi connectivity index (χ0) is 17.6. The molecule has 0 bridgehead atoms. The van der Waals surface area contributed by atoms with Gasteiger partial charge in [-0.25, -0.2) is 9.97 Å². The van der Waals surface area contributed by atoms with E-state index in [1.54, 1.807) is 12.3 Å². The van der Waals surface area contributed by atoms with Gasteiger partial charge in [0.25, 0.3) is 0 Å². The molecule has 0 unspecified atom stereocenters. The molecule has 128 valence electrons. The van der Waals surface area contributed by atoms with Gasteiger partial charge < -0.3 is 10.1 Å². The van der Waals surface area contributed by atoms with Gasteiger partial charge in [0.2, 0.25) is 5.91 Å². The Morgan fingerprint density at radius 1 is 1.20 bits per heavy atom. The molecule has 3 rings (SSSR count). The molecule has 2 heterocycles. The molecular weight excluding hydrogens is 334 g/mol. The number of hydrogen-bond donors (Lipinski definition) is 1. The molecule has 0 radical (unpaired) electrons. The van der Waals surface area contributed by atoms with Crippen molar-refractivity contribution in [2.45, 2.75) is 20.3 Å². The zero-order valence-electron chi connectivity index (χ0n) is 14.2. The van der Waals surface area contributed by atoms with E-state index in [4.69, 9.17) is 4.74 Å². The number of ether oxygens (including phenoxy) is 1. The third-order valence-corrected chi connectivity index (χ3v) is 4.42. The van der Waals surface area contributed by atoms with Crippen molar-refractivity contribution in [2.24, 2.45) is 0 Å².